The molecule has 0 atom stereocenters. The summed E-state index contributed by atoms with van der Waals surface area (Å²) in [6, 6.07) is 19.6. The second-order valence-electron chi connectivity index (χ2n) is 11.0. The topological polar surface area (TPSA) is 54.4 Å². The van der Waals surface area contributed by atoms with Crippen molar-refractivity contribution in [2.45, 2.75) is 97.8 Å². The maximum atomic E-state index is 12.4. The molecule has 0 saturated heterocycles. The van der Waals surface area contributed by atoms with E-state index in [1.807, 2.05) is 12.1 Å². The Morgan fingerprint density at radius 3 is 1.95 bits per heavy atom. The fourth-order valence-electron chi connectivity index (χ4n) is 5.79. The number of carbonyl (C=O) groups is 2. The molecule has 0 bridgehead atoms. The van der Waals surface area contributed by atoms with E-state index in [-0.39, 0.29) is 17.0 Å². The first kappa shape index (κ1) is 29.4. The van der Waals surface area contributed by atoms with Crippen LogP contribution in [0.2, 0.25) is 0 Å². The highest BCUT2D eigenvalue weighted by molar-refractivity contribution is 6.22. The Balaban J connectivity index is 0.000000611. The summed E-state index contributed by atoms with van der Waals surface area (Å²) in [5.41, 5.74) is 7.01. The van der Waals surface area contributed by atoms with Gasteiger partial charge in [0.15, 0.2) is 5.78 Å². The third-order valence-electron chi connectivity index (χ3n) is 7.69. The summed E-state index contributed by atoms with van der Waals surface area (Å²) >= 11 is 0. The summed E-state index contributed by atoms with van der Waals surface area (Å²) in [4.78, 5) is 21.2. The van der Waals surface area contributed by atoms with Crippen molar-refractivity contribution in [3.8, 4) is 11.1 Å². The van der Waals surface area contributed by atoms with Gasteiger partial charge in [0.25, 0.3) is 0 Å². The van der Waals surface area contributed by atoms with E-state index in [4.69, 9.17) is 4.79 Å². The minimum Gasteiger partial charge on any atom is -0.512 e. The molecule has 1 fully saturated rings. The van der Waals surface area contributed by atoms with Crippen LogP contribution >= 0.6 is 0 Å². The predicted molar refractivity (Wildman–Crippen MR) is 161 cm³/mol. The van der Waals surface area contributed by atoms with Gasteiger partial charge in [0.2, 0.25) is 0 Å². The molecule has 3 aromatic rings. The van der Waals surface area contributed by atoms with Crippen LogP contribution in [0.1, 0.15) is 102 Å². The second kappa shape index (κ2) is 13.6. The Morgan fingerprint density at radius 1 is 0.816 bits per heavy atom. The molecule has 1 saturated carbocycles. The summed E-state index contributed by atoms with van der Waals surface area (Å²) in [5.74, 6) is 0.286. The highest BCUT2D eigenvalue weighted by Crippen LogP contribution is 2.42. The number of Topliss-reactive ketones (excluding diaryl/α,β-unsaturated/α-hetero) is 1. The normalized spacial score (nSPS) is 16.7. The number of aldehydes is 1. The van der Waals surface area contributed by atoms with Gasteiger partial charge in [-0.05, 0) is 89.2 Å². The van der Waals surface area contributed by atoms with Crippen LogP contribution in [0.15, 0.2) is 60.4 Å². The van der Waals surface area contributed by atoms with Crippen LogP contribution in [-0.2, 0) is 15.0 Å². The van der Waals surface area contributed by atoms with E-state index in [1.54, 1.807) is 0 Å². The Hall–Kier alpha value is -3.20. The lowest BCUT2D eigenvalue weighted by atomic mass is 9.69. The maximum absolute atomic E-state index is 12.4. The van der Waals surface area contributed by atoms with E-state index in [2.05, 4.69) is 70.2 Å². The fraction of sp³-hybridized carbons (Fsp3) is 0.429. The van der Waals surface area contributed by atoms with Crippen LogP contribution in [0.3, 0.4) is 0 Å². The smallest absolute Gasteiger partial charge is 0.166 e. The molecule has 2 aliphatic rings. The highest BCUT2D eigenvalue weighted by Gasteiger charge is 2.30. The SMILES string of the molecule is CC=O.CCC.Cc1ccc(-c2ccc3cc(C4=C(O)CCCC4=O)ccc3c2)cc1C1(C)CCCCC1. The number of hydrogen-bond acceptors (Lipinski definition) is 3. The molecule has 3 aromatic carbocycles. The summed E-state index contributed by atoms with van der Waals surface area (Å²) in [6.45, 7) is 10.4. The van der Waals surface area contributed by atoms with Crippen LogP contribution in [0, 0.1) is 6.92 Å². The van der Waals surface area contributed by atoms with E-state index >= 15 is 0 Å². The molecule has 0 spiro atoms. The van der Waals surface area contributed by atoms with Crippen LogP contribution in [0.4, 0.5) is 0 Å². The standard InChI is InChI=1S/C30H32O2.C3H8.C2H4O/c1-20-9-10-24(19-26(20)30(2)15-4-3-5-16-30)22-11-12-23-18-25(14-13-21(23)17-22)29-27(31)7-6-8-28(29)32;1-3-2;1-2-3/h9-14,17-19,31H,3-8,15-16H2,1-2H3;3H2,1-2H3;2H,1H3. The van der Waals surface area contributed by atoms with Gasteiger partial charge in [-0.2, -0.15) is 0 Å². The average Bonchev–Trinajstić information content (AvgIpc) is 2.90. The quantitative estimate of drug-likeness (QED) is 0.355. The van der Waals surface area contributed by atoms with Crippen molar-refractivity contribution in [2.24, 2.45) is 0 Å². The number of carbonyl (C=O) groups excluding carboxylic acids is 2. The van der Waals surface area contributed by atoms with Gasteiger partial charge in [0.1, 0.15) is 12.0 Å². The van der Waals surface area contributed by atoms with Gasteiger partial charge in [0, 0.05) is 12.8 Å². The summed E-state index contributed by atoms with van der Waals surface area (Å²) in [6.07, 6.45) is 10.4. The molecule has 1 N–H and O–H groups in total. The monoisotopic (exact) mass is 512 g/mol. The van der Waals surface area contributed by atoms with Crippen molar-refractivity contribution in [2.75, 3.05) is 0 Å². The molecule has 0 unspecified atom stereocenters. The van der Waals surface area contributed by atoms with Gasteiger partial charge >= 0.3 is 0 Å². The minimum atomic E-state index is 0.0492. The van der Waals surface area contributed by atoms with Gasteiger partial charge in [-0.3, -0.25) is 4.79 Å². The van der Waals surface area contributed by atoms with Gasteiger partial charge in [-0.25, -0.2) is 0 Å². The van der Waals surface area contributed by atoms with Crippen molar-refractivity contribution in [1.82, 2.24) is 0 Å². The first-order valence-corrected chi connectivity index (χ1v) is 14.3. The summed E-state index contributed by atoms with van der Waals surface area (Å²) in [5, 5.41) is 12.5. The lowest BCUT2D eigenvalue weighted by Gasteiger charge is -2.35. The molecule has 5 rings (SSSR count). The highest BCUT2D eigenvalue weighted by atomic mass is 16.3. The molecule has 0 radical (unpaired) electrons. The molecule has 3 heteroatoms. The minimum absolute atomic E-state index is 0.0492. The summed E-state index contributed by atoms with van der Waals surface area (Å²) < 4.78 is 0. The number of rotatable bonds is 3. The van der Waals surface area contributed by atoms with Gasteiger partial charge < -0.3 is 9.90 Å². The van der Waals surface area contributed by atoms with E-state index in [0.29, 0.717) is 18.4 Å². The summed E-state index contributed by atoms with van der Waals surface area (Å²) in [7, 11) is 0. The Morgan fingerprint density at radius 2 is 1.34 bits per heavy atom. The number of benzene rings is 3. The first-order valence-electron chi connectivity index (χ1n) is 14.3. The van der Waals surface area contributed by atoms with Crippen LogP contribution in [0.5, 0.6) is 0 Å². The number of hydrogen-bond donors (Lipinski definition) is 1. The Labute approximate surface area is 229 Å². The Bertz CT molecular complexity index is 1290. The molecule has 0 aliphatic heterocycles. The third kappa shape index (κ3) is 6.81. The molecular formula is C35H44O3. The van der Waals surface area contributed by atoms with Crippen LogP contribution in [0.25, 0.3) is 27.5 Å². The Kier molecular flexibility index (Phi) is 10.5. The van der Waals surface area contributed by atoms with Gasteiger partial charge in [-0.15, -0.1) is 0 Å². The first-order chi connectivity index (χ1) is 18.3. The molecular weight excluding hydrogens is 468 g/mol. The predicted octanol–water partition coefficient (Wildman–Crippen LogP) is 9.68. The van der Waals surface area contributed by atoms with E-state index in [9.17, 15) is 9.90 Å². The largest absolute Gasteiger partial charge is 0.512 e. The molecule has 3 nitrogen and oxygen atoms in total. The number of fused-ring (bicyclic) bond motifs is 1. The number of aryl methyl sites for hydroxylation is 1. The molecule has 0 heterocycles. The lowest BCUT2D eigenvalue weighted by molar-refractivity contribution is -0.114. The third-order valence-corrected chi connectivity index (χ3v) is 7.69. The van der Waals surface area contributed by atoms with E-state index in [1.165, 1.54) is 67.7 Å². The zero-order chi connectivity index (χ0) is 27.7. The number of allylic oxidation sites excluding steroid dienone is 2. The van der Waals surface area contributed by atoms with Crippen molar-refractivity contribution >= 4 is 28.4 Å². The van der Waals surface area contributed by atoms with Gasteiger partial charge in [-0.1, -0.05) is 88.9 Å². The van der Waals surface area contributed by atoms with Crippen molar-refractivity contribution in [3.05, 3.63) is 77.0 Å². The number of aliphatic hydroxyl groups excluding tert-OH is 1. The van der Waals surface area contributed by atoms with Crippen LogP contribution < -0.4 is 0 Å². The second-order valence-corrected chi connectivity index (χ2v) is 11.0. The van der Waals surface area contributed by atoms with Crippen molar-refractivity contribution < 1.29 is 14.7 Å². The average molecular weight is 513 g/mol. The zero-order valence-electron chi connectivity index (χ0n) is 23.9. The lowest BCUT2D eigenvalue weighted by Crippen LogP contribution is -2.26. The fourth-order valence-corrected chi connectivity index (χ4v) is 5.79. The van der Waals surface area contributed by atoms with E-state index < -0.39 is 0 Å². The van der Waals surface area contributed by atoms with Crippen LogP contribution in [-0.4, -0.2) is 17.2 Å². The van der Waals surface area contributed by atoms with E-state index in [0.717, 1.165) is 29.0 Å². The molecule has 202 valence electrons. The number of ketones is 1. The van der Waals surface area contributed by atoms with Crippen molar-refractivity contribution in [3.63, 3.8) is 0 Å². The van der Waals surface area contributed by atoms with Crippen molar-refractivity contribution in [1.29, 1.82) is 0 Å². The molecule has 0 amide bonds. The van der Waals surface area contributed by atoms with Gasteiger partial charge in [0.05, 0.1) is 5.57 Å². The molecule has 0 aromatic heterocycles. The molecule has 2 aliphatic carbocycles. The number of aliphatic hydroxyl groups is 1. The molecule has 38 heavy (non-hydrogen) atoms. The zero-order valence-corrected chi connectivity index (χ0v) is 23.9. The maximum Gasteiger partial charge on any atom is 0.166 e.